The topological polar surface area (TPSA) is 72.7 Å². The van der Waals surface area contributed by atoms with Gasteiger partial charge in [-0.3, -0.25) is 4.79 Å². The van der Waals surface area contributed by atoms with E-state index in [4.69, 9.17) is 4.98 Å². The van der Waals surface area contributed by atoms with Crippen molar-refractivity contribution in [2.24, 2.45) is 0 Å². The van der Waals surface area contributed by atoms with Crippen molar-refractivity contribution in [2.45, 2.75) is 31.6 Å². The molecule has 0 aliphatic heterocycles. The van der Waals surface area contributed by atoms with Crippen LogP contribution in [0.1, 0.15) is 37.4 Å². The normalized spacial score (nSPS) is 14.7. The van der Waals surface area contributed by atoms with Crippen LogP contribution < -0.4 is 11.2 Å². The van der Waals surface area contributed by atoms with E-state index in [1.54, 1.807) is 12.1 Å². The molecule has 0 saturated heterocycles. The monoisotopic (exact) mass is 372 g/mol. The summed E-state index contributed by atoms with van der Waals surface area (Å²) in [5, 5.41) is 0. The van der Waals surface area contributed by atoms with Crippen molar-refractivity contribution < 1.29 is 0 Å². The second kappa shape index (κ2) is 6.64. The van der Waals surface area contributed by atoms with Gasteiger partial charge in [-0.2, -0.15) is 0 Å². The summed E-state index contributed by atoms with van der Waals surface area (Å²) in [4.78, 5) is 34.6. The summed E-state index contributed by atoms with van der Waals surface area (Å²) >= 11 is 0. The molecule has 28 heavy (non-hydrogen) atoms. The summed E-state index contributed by atoms with van der Waals surface area (Å²) in [5.74, 6) is 1.12. The van der Waals surface area contributed by atoms with E-state index in [0.717, 1.165) is 18.7 Å². The number of hydrogen-bond donors (Lipinski definition) is 1. The van der Waals surface area contributed by atoms with Gasteiger partial charge in [0.25, 0.3) is 5.56 Å². The van der Waals surface area contributed by atoms with Crippen molar-refractivity contribution in [1.82, 2.24) is 19.1 Å². The number of aromatic amines is 1. The van der Waals surface area contributed by atoms with Gasteiger partial charge in [-0.1, -0.05) is 49.2 Å². The highest BCUT2D eigenvalue weighted by molar-refractivity contribution is 5.73. The zero-order chi connectivity index (χ0) is 19.1. The van der Waals surface area contributed by atoms with Crippen molar-refractivity contribution in [3.63, 3.8) is 0 Å². The highest BCUT2D eigenvalue weighted by atomic mass is 16.2. The Bertz CT molecular complexity index is 1250. The number of nitrogens with one attached hydrogen (secondary N) is 1. The maximum absolute atomic E-state index is 13.4. The summed E-state index contributed by atoms with van der Waals surface area (Å²) in [5.41, 5.74) is 1.21. The number of imidazole rings is 1. The first-order valence-electron chi connectivity index (χ1n) is 9.62. The summed E-state index contributed by atoms with van der Waals surface area (Å²) in [6, 6.07) is 18.4. The number of para-hydroxylation sites is 2. The zero-order valence-corrected chi connectivity index (χ0v) is 15.3. The molecule has 4 aromatic rings. The first-order chi connectivity index (χ1) is 13.7. The van der Waals surface area contributed by atoms with Crippen LogP contribution in [0.4, 0.5) is 0 Å². The average Bonchev–Trinajstić information content (AvgIpc) is 3.40. The zero-order valence-electron chi connectivity index (χ0n) is 15.3. The Morgan fingerprint density at radius 1 is 0.821 bits per heavy atom. The quantitative estimate of drug-likeness (QED) is 0.598. The lowest BCUT2D eigenvalue weighted by Gasteiger charge is -2.11. The second-order valence-electron chi connectivity index (χ2n) is 7.23. The minimum atomic E-state index is -0.417. The maximum atomic E-state index is 13.4. The minimum Gasteiger partial charge on any atom is -0.336 e. The molecule has 1 N–H and O–H groups in total. The van der Waals surface area contributed by atoms with Gasteiger partial charge in [0.15, 0.2) is 11.2 Å². The lowest BCUT2D eigenvalue weighted by Crippen LogP contribution is -2.38. The van der Waals surface area contributed by atoms with Gasteiger partial charge >= 0.3 is 5.69 Å². The van der Waals surface area contributed by atoms with Crippen LogP contribution in [-0.2, 0) is 0 Å². The third-order valence-electron chi connectivity index (χ3n) is 5.49. The Labute approximate surface area is 161 Å². The van der Waals surface area contributed by atoms with E-state index in [0.29, 0.717) is 28.5 Å². The van der Waals surface area contributed by atoms with Crippen LogP contribution in [0.25, 0.3) is 22.5 Å². The van der Waals surface area contributed by atoms with Crippen molar-refractivity contribution in [1.29, 1.82) is 0 Å². The summed E-state index contributed by atoms with van der Waals surface area (Å²) in [6.45, 7) is 0. The van der Waals surface area contributed by atoms with Crippen LogP contribution in [0.15, 0.2) is 70.3 Å². The van der Waals surface area contributed by atoms with Gasteiger partial charge in [-0.25, -0.2) is 18.9 Å². The molecule has 2 heterocycles. The number of hydrogen-bond acceptors (Lipinski definition) is 3. The molecular formula is C22H20N4O2. The molecule has 0 radical (unpaired) electrons. The summed E-state index contributed by atoms with van der Waals surface area (Å²) in [6.07, 6.45) is 4.45. The van der Waals surface area contributed by atoms with Gasteiger partial charge in [-0.05, 0) is 37.1 Å². The highest BCUT2D eigenvalue weighted by Crippen LogP contribution is 2.33. The van der Waals surface area contributed by atoms with Gasteiger partial charge in [0.1, 0.15) is 5.82 Å². The Hall–Kier alpha value is -3.41. The van der Waals surface area contributed by atoms with Crippen LogP contribution in [0.3, 0.4) is 0 Å². The largest absolute Gasteiger partial charge is 0.342 e. The van der Waals surface area contributed by atoms with E-state index in [2.05, 4.69) is 4.98 Å². The van der Waals surface area contributed by atoms with Gasteiger partial charge in [0.2, 0.25) is 0 Å². The van der Waals surface area contributed by atoms with Gasteiger partial charge < -0.3 is 4.98 Å². The lowest BCUT2D eigenvalue weighted by atomic mass is 10.1. The number of fused-ring (bicyclic) bond motifs is 1. The predicted molar refractivity (Wildman–Crippen MR) is 108 cm³/mol. The highest BCUT2D eigenvalue weighted by Gasteiger charge is 2.24. The Balaban J connectivity index is 1.87. The second-order valence-corrected chi connectivity index (χ2v) is 7.23. The minimum absolute atomic E-state index is 0.316. The molecule has 140 valence electrons. The van der Waals surface area contributed by atoms with E-state index >= 15 is 0 Å². The van der Waals surface area contributed by atoms with Crippen LogP contribution in [-0.4, -0.2) is 19.1 Å². The average molecular weight is 372 g/mol. The fourth-order valence-corrected chi connectivity index (χ4v) is 4.09. The Morgan fingerprint density at radius 2 is 1.39 bits per heavy atom. The van der Waals surface area contributed by atoms with Crippen molar-refractivity contribution >= 4 is 11.2 Å². The SMILES string of the molecule is O=c1c2[nH]c(C3CCCC3)nc2n(-c2ccccc2)c(=O)n1-c1ccccc1. The van der Waals surface area contributed by atoms with Gasteiger partial charge in [0.05, 0.1) is 11.4 Å². The van der Waals surface area contributed by atoms with E-state index in [1.165, 1.54) is 22.0 Å². The fraction of sp³-hybridized carbons (Fsp3) is 0.227. The first kappa shape index (κ1) is 16.7. The molecule has 1 saturated carbocycles. The molecular weight excluding hydrogens is 352 g/mol. The van der Waals surface area contributed by atoms with E-state index in [9.17, 15) is 9.59 Å². The number of benzene rings is 2. The molecule has 2 aromatic heterocycles. The third kappa shape index (κ3) is 2.60. The molecule has 1 aliphatic carbocycles. The molecule has 6 nitrogen and oxygen atoms in total. The number of H-pyrrole nitrogens is 1. The van der Waals surface area contributed by atoms with Crippen LogP contribution in [0, 0.1) is 0 Å². The third-order valence-corrected chi connectivity index (χ3v) is 5.49. The summed E-state index contributed by atoms with van der Waals surface area (Å²) in [7, 11) is 0. The molecule has 2 aromatic carbocycles. The molecule has 1 aliphatic rings. The smallest absolute Gasteiger partial charge is 0.336 e. The molecule has 1 fully saturated rings. The van der Waals surface area contributed by atoms with Crippen LogP contribution in [0.2, 0.25) is 0 Å². The van der Waals surface area contributed by atoms with Gasteiger partial charge in [-0.15, -0.1) is 0 Å². The van der Waals surface area contributed by atoms with Crippen molar-refractivity contribution in [3.05, 3.63) is 87.3 Å². The molecule has 0 bridgehead atoms. The number of rotatable bonds is 3. The van der Waals surface area contributed by atoms with E-state index < -0.39 is 5.69 Å². The standard InChI is InChI=1S/C22H20N4O2/c27-21-18-20(24-19(23-18)15-9-7-8-10-15)25(16-11-3-1-4-12-16)22(28)26(21)17-13-5-2-6-14-17/h1-6,11-15H,7-10H2,(H,23,24). The predicted octanol–water partition coefficient (Wildman–Crippen LogP) is 3.52. The van der Waals surface area contributed by atoms with Crippen molar-refractivity contribution in [3.8, 4) is 11.4 Å². The number of nitrogens with zero attached hydrogens (tertiary/aromatic N) is 3. The molecule has 6 heteroatoms. The van der Waals surface area contributed by atoms with E-state index in [1.807, 2.05) is 48.5 Å². The first-order valence-corrected chi connectivity index (χ1v) is 9.62. The van der Waals surface area contributed by atoms with Crippen molar-refractivity contribution in [2.75, 3.05) is 0 Å². The fourth-order valence-electron chi connectivity index (χ4n) is 4.09. The molecule has 0 spiro atoms. The maximum Gasteiger partial charge on any atom is 0.342 e. The Kier molecular flexibility index (Phi) is 3.97. The van der Waals surface area contributed by atoms with Crippen LogP contribution >= 0.6 is 0 Å². The lowest BCUT2D eigenvalue weighted by molar-refractivity contribution is 0.680. The Morgan fingerprint density at radius 3 is 2.00 bits per heavy atom. The molecule has 0 amide bonds. The summed E-state index contributed by atoms with van der Waals surface area (Å²) < 4.78 is 2.74. The molecule has 5 rings (SSSR count). The molecule has 0 atom stereocenters. The molecule has 0 unspecified atom stereocenters. The number of aromatic nitrogens is 4. The van der Waals surface area contributed by atoms with Gasteiger partial charge in [0, 0.05) is 5.92 Å². The van der Waals surface area contributed by atoms with Crippen LogP contribution in [0.5, 0.6) is 0 Å². The van der Waals surface area contributed by atoms with E-state index in [-0.39, 0.29) is 5.56 Å².